The van der Waals surface area contributed by atoms with Crippen molar-refractivity contribution in [2.24, 2.45) is 5.73 Å². The molecule has 0 amide bonds. The molecule has 21 heavy (non-hydrogen) atoms. The summed E-state index contributed by atoms with van der Waals surface area (Å²) in [7, 11) is 3.62. The average molecular weight is 284 g/mol. The van der Waals surface area contributed by atoms with Crippen LogP contribution in [0, 0.1) is 5.41 Å². The van der Waals surface area contributed by atoms with Crippen LogP contribution < -0.4 is 15.4 Å². The zero-order valence-corrected chi connectivity index (χ0v) is 12.3. The van der Waals surface area contributed by atoms with Gasteiger partial charge in [0.2, 0.25) is 0 Å². The number of benzene rings is 1. The van der Waals surface area contributed by atoms with Gasteiger partial charge in [0.25, 0.3) is 0 Å². The third-order valence-electron chi connectivity index (χ3n) is 3.39. The molecule has 1 aromatic heterocycles. The number of nitrogens with zero attached hydrogens (tertiary/aromatic N) is 2. The van der Waals surface area contributed by atoms with Gasteiger partial charge in [0.1, 0.15) is 11.6 Å². The molecule has 0 aliphatic rings. The van der Waals surface area contributed by atoms with Crippen LogP contribution in [0.5, 0.6) is 5.75 Å². The highest BCUT2D eigenvalue weighted by Crippen LogP contribution is 2.25. The quantitative estimate of drug-likeness (QED) is 0.629. The summed E-state index contributed by atoms with van der Waals surface area (Å²) in [5, 5.41) is 7.70. The summed E-state index contributed by atoms with van der Waals surface area (Å²) >= 11 is 0. The predicted molar refractivity (Wildman–Crippen MR) is 85.2 cm³/mol. The summed E-state index contributed by atoms with van der Waals surface area (Å²) in [6.45, 7) is 0.817. The minimum Gasteiger partial charge on any atom is -0.497 e. The first-order valence-corrected chi connectivity index (χ1v) is 6.74. The molecule has 2 rings (SSSR count). The Morgan fingerprint density at radius 3 is 2.62 bits per heavy atom. The monoisotopic (exact) mass is 284 g/mol. The number of ether oxygens (including phenoxy) is 1. The van der Waals surface area contributed by atoms with Gasteiger partial charge in [-0.3, -0.25) is 10.4 Å². The summed E-state index contributed by atoms with van der Waals surface area (Å²) in [5.41, 5.74) is 8.50. The van der Waals surface area contributed by atoms with Gasteiger partial charge in [-0.15, -0.1) is 0 Å². The average Bonchev–Trinajstić information content (AvgIpc) is 2.52. The third-order valence-corrected chi connectivity index (χ3v) is 3.39. The number of aromatic nitrogens is 1. The lowest BCUT2D eigenvalue weighted by molar-refractivity contribution is 0.415. The molecule has 0 saturated heterocycles. The molecule has 110 valence electrons. The maximum atomic E-state index is 7.70. The van der Waals surface area contributed by atoms with Gasteiger partial charge in [-0.2, -0.15) is 0 Å². The molecule has 0 aliphatic heterocycles. The summed E-state index contributed by atoms with van der Waals surface area (Å²) in [4.78, 5) is 6.10. The van der Waals surface area contributed by atoms with Gasteiger partial charge >= 0.3 is 0 Å². The van der Waals surface area contributed by atoms with Crippen LogP contribution >= 0.6 is 0 Å². The zero-order valence-electron chi connectivity index (χ0n) is 12.3. The van der Waals surface area contributed by atoms with Gasteiger partial charge < -0.3 is 15.4 Å². The van der Waals surface area contributed by atoms with Crippen LogP contribution in [-0.2, 0) is 6.42 Å². The Bertz CT molecular complexity index is 613. The molecule has 0 radical (unpaired) electrons. The highest BCUT2D eigenvalue weighted by atomic mass is 16.5. The van der Waals surface area contributed by atoms with E-state index < -0.39 is 0 Å². The Labute approximate surface area is 124 Å². The van der Waals surface area contributed by atoms with E-state index in [9.17, 15) is 0 Å². The number of pyridine rings is 1. The van der Waals surface area contributed by atoms with Crippen molar-refractivity contribution in [3.05, 3.63) is 53.9 Å². The number of amidine groups is 1. The fourth-order valence-electron chi connectivity index (χ4n) is 2.15. The van der Waals surface area contributed by atoms with Gasteiger partial charge in [-0.25, -0.2) is 0 Å². The standard InChI is InChI=1S/C16H20N4O/c1-20(10-7-12-5-8-19-9-6-12)15-11-13(21-2)3-4-14(15)16(17)18/h3-6,8-9,11H,7,10H2,1-2H3,(H3,17,18). The number of rotatable bonds is 6. The van der Waals surface area contributed by atoms with Crippen molar-refractivity contribution in [3.8, 4) is 5.75 Å². The second-order valence-electron chi connectivity index (χ2n) is 4.82. The number of methoxy groups -OCH3 is 1. The smallest absolute Gasteiger partial charge is 0.124 e. The minimum absolute atomic E-state index is 0.0587. The summed E-state index contributed by atoms with van der Waals surface area (Å²) < 4.78 is 5.26. The minimum atomic E-state index is 0.0587. The van der Waals surface area contributed by atoms with Crippen molar-refractivity contribution in [1.29, 1.82) is 5.41 Å². The highest BCUT2D eigenvalue weighted by molar-refractivity contribution is 6.00. The van der Waals surface area contributed by atoms with Crippen LogP contribution in [0.1, 0.15) is 11.1 Å². The van der Waals surface area contributed by atoms with E-state index in [1.165, 1.54) is 5.56 Å². The van der Waals surface area contributed by atoms with Gasteiger partial charge in [0.15, 0.2) is 0 Å². The van der Waals surface area contributed by atoms with Crippen molar-refractivity contribution < 1.29 is 4.74 Å². The normalized spacial score (nSPS) is 10.2. The van der Waals surface area contributed by atoms with E-state index in [2.05, 4.69) is 9.88 Å². The topological polar surface area (TPSA) is 75.2 Å². The molecule has 1 heterocycles. The number of anilines is 1. The molecule has 3 N–H and O–H groups in total. The number of nitrogens with two attached hydrogens (primary N) is 1. The second kappa shape index (κ2) is 6.74. The Balaban J connectivity index is 2.17. The van der Waals surface area contributed by atoms with Crippen LogP contribution in [0.3, 0.4) is 0 Å². The van der Waals surface area contributed by atoms with E-state index in [1.54, 1.807) is 19.5 Å². The zero-order chi connectivity index (χ0) is 15.2. The molecule has 0 bridgehead atoms. The molecule has 2 aromatic rings. The second-order valence-corrected chi connectivity index (χ2v) is 4.82. The lowest BCUT2D eigenvalue weighted by Crippen LogP contribution is -2.24. The van der Waals surface area contributed by atoms with Gasteiger partial charge in [-0.05, 0) is 36.2 Å². The van der Waals surface area contributed by atoms with Crippen LogP contribution in [0.2, 0.25) is 0 Å². The van der Waals surface area contributed by atoms with Crippen molar-refractivity contribution in [2.45, 2.75) is 6.42 Å². The Morgan fingerprint density at radius 2 is 2.00 bits per heavy atom. The summed E-state index contributed by atoms with van der Waals surface area (Å²) in [6, 6.07) is 9.55. The molecule has 5 nitrogen and oxygen atoms in total. The molecule has 5 heteroatoms. The van der Waals surface area contributed by atoms with E-state index in [-0.39, 0.29) is 5.84 Å². The summed E-state index contributed by atoms with van der Waals surface area (Å²) in [5.74, 6) is 0.814. The fourth-order valence-corrected chi connectivity index (χ4v) is 2.15. The first-order valence-electron chi connectivity index (χ1n) is 6.74. The first kappa shape index (κ1) is 14.8. The number of hydrogen-bond acceptors (Lipinski definition) is 4. The molecular weight excluding hydrogens is 264 g/mol. The predicted octanol–water partition coefficient (Wildman–Crippen LogP) is 2.05. The maximum Gasteiger partial charge on any atom is 0.124 e. The Hall–Kier alpha value is -2.56. The van der Waals surface area contributed by atoms with Gasteiger partial charge in [0, 0.05) is 37.6 Å². The fraction of sp³-hybridized carbons (Fsp3) is 0.250. The van der Waals surface area contributed by atoms with Crippen molar-refractivity contribution in [1.82, 2.24) is 4.98 Å². The SMILES string of the molecule is COc1ccc(C(=N)N)c(N(C)CCc2ccncc2)c1. The molecule has 0 atom stereocenters. The van der Waals surface area contributed by atoms with E-state index in [4.69, 9.17) is 15.9 Å². The highest BCUT2D eigenvalue weighted by Gasteiger charge is 2.11. The number of nitrogens with one attached hydrogen (secondary N) is 1. The Morgan fingerprint density at radius 1 is 1.29 bits per heavy atom. The molecule has 0 aliphatic carbocycles. The molecule has 0 saturated carbocycles. The largest absolute Gasteiger partial charge is 0.497 e. The van der Waals surface area contributed by atoms with Gasteiger partial charge in [-0.1, -0.05) is 0 Å². The number of hydrogen-bond donors (Lipinski definition) is 2. The van der Waals surface area contributed by atoms with E-state index >= 15 is 0 Å². The molecule has 1 aromatic carbocycles. The number of likely N-dealkylation sites (N-methyl/N-ethyl adjacent to an activating group) is 1. The Kier molecular flexibility index (Phi) is 4.77. The van der Waals surface area contributed by atoms with Crippen molar-refractivity contribution in [3.63, 3.8) is 0 Å². The molecule has 0 unspecified atom stereocenters. The van der Waals surface area contributed by atoms with Crippen LogP contribution in [0.15, 0.2) is 42.7 Å². The van der Waals surface area contributed by atoms with E-state index in [0.29, 0.717) is 5.56 Å². The molecule has 0 fully saturated rings. The summed E-state index contributed by atoms with van der Waals surface area (Å²) in [6.07, 6.45) is 4.48. The van der Waals surface area contributed by atoms with Crippen LogP contribution in [0.4, 0.5) is 5.69 Å². The molecule has 0 spiro atoms. The van der Waals surface area contributed by atoms with Crippen molar-refractivity contribution in [2.75, 3.05) is 25.6 Å². The van der Waals surface area contributed by atoms with Crippen LogP contribution in [-0.4, -0.2) is 31.5 Å². The lowest BCUT2D eigenvalue weighted by atomic mass is 10.1. The van der Waals surface area contributed by atoms with Crippen LogP contribution in [0.25, 0.3) is 0 Å². The molecular formula is C16H20N4O. The van der Waals surface area contributed by atoms with Gasteiger partial charge in [0.05, 0.1) is 12.8 Å². The van der Waals surface area contributed by atoms with Crippen molar-refractivity contribution >= 4 is 11.5 Å². The third kappa shape index (κ3) is 3.72. The lowest BCUT2D eigenvalue weighted by Gasteiger charge is -2.22. The first-order chi connectivity index (χ1) is 10.1. The maximum absolute atomic E-state index is 7.70. The van der Waals surface area contributed by atoms with E-state index in [1.807, 2.05) is 37.4 Å². The number of nitrogen functional groups attached to an aromatic ring is 1. The van der Waals surface area contributed by atoms with E-state index in [0.717, 1.165) is 24.4 Å².